The van der Waals surface area contributed by atoms with Crippen molar-refractivity contribution in [2.45, 2.75) is 56.1 Å². The average molecular weight is 651 g/mol. The van der Waals surface area contributed by atoms with Gasteiger partial charge in [0.2, 0.25) is 0 Å². The monoisotopic (exact) mass is 650 g/mol. The van der Waals surface area contributed by atoms with Crippen molar-refractivity contribution in [3.8, 4) is 33.4 Å². The highest BCUT2D eigenvalue weighted by atomic mass is 32.2. The Hall–Kier alpha value is -3.63. The molecule has 3 heteroatoms. The Labute approximate surface area is 287 Å². The fourth-order valence-corrected chi connectivity index (χ4v) is 10.7. The van der Waals surface area contributed by atoms with Crippen LogP contribution >= 0.6 is 35.3 Å². The summed E-state index contributed by atoms with van der Waals surface area (Å²) in [5.74, 6) is 0. The van der Waals surface area contributed by atoms with Crippen molar-refractivity contribution in [2.24, 2.45) is 0 Å². The third kappa shape index (κ3) is 7.83. The highest BCUT2D eigenvalue weighted by molar-refractivity contribution is 8.06. The standard InChI is InChI=1S/C43H38S3/c1-4-12-32(13-5-1)35-20-26-38(27-21-35)44-41-18-10-11-19-42(45-39-28-22-36(23-29-39)33-14-6-2-7-15-33)43(41)46-40-30-24-37(25-31-40)34-16-8-3-9-17-34/h1-9,12-17,20-31,41-43H,10-11,18-19H2. The van der Waals surface area contributed by atoms with Gasteiger partial charge in [0, 0.05) is 30.4 Å². The molecule has 0 aromatic heterocycles. The number of hydrogen-bond acceptors (Lipinski definition) is 3. The molecule has 1 aliphatic carbocycles. The van der Waals surface area contributed by atoms with E-state index in [0.717, 1.165) is 0 Å². The molecule has 0 amide bonds. The first-order valence-electron chi connectivity index (χ1n) is 16.2. The van der Waals surface area contributed by atoms with Crippen LogP contribution < -0.4 is 0 Å². The van der Waals surface area contributed by atoms with Crippen LogP contribution in [-0.2, 0) is 0 Å². The second-order valence-electron chi connectivity index (χ2n) is 11.9. The molecule has 228 valence electrons. The molecule has 0 spiro atoms. The van der Waals surface area contributed by atoms with Gasteiger partial charge in [0.1, 0.15) is 0 Å². The van der Waals surface area contributed by atoms with Crippen molar-refractivity contribution in [1.82, 2.24) is 0 Å². The molecule has 0 bridgehead atoms. The molecule has 0 saturated heterocycles. The summed E-state index contributed by atoms with van der Waals surface area (Å²) < 4.78 is 0. The molecule has 1 fully saturated rings. The number of hydrogen-bond donors (Lipinski definition) is 0. The Morgan fingerprint density at radius 2 is 0.587 bits per heavy atom. The van der Waals surface area contributed by atoms with Gasteiger partial charge in [0.25, 0.3) is 0 Å². The predicted molar refractivity (Wildman–Crippen MR) is 203 cm³/mol. The van der Waals surface area contributed by atoms with Crippen molar-refractivity contribution in [1.29, 1.82) is 0 Å². The van der Waals surface area contributed by atoms with Gasteiger partial charge >= 0.3 is 0 Å². The molecule has 0 aliphatic heterocycles. The maximum Gasteiger partial charge on any atom is 0.0339 e. The van der Waals surface area contributed by atoms with Gasteiger partial charge in [-0.1, -0.05) is 140 Å². The molecule has 0 heterocycles. The normalized spacial score (nSPS) is 18.1. The largest absolute Gasteiger partial charge is 0.122 e. The molecule has 0 radical (unpaired) electrons. The van der Waals surface area contributed by atoms with Gasteiger partial charge < -0.3 is 0 Å². The molecular formula is C43H38S3. The molecule has 6 aromatic carbocycles. The molecule has 0 nitrogen and oxygen atoms in total. The first-order chi connectivity index (χ1) is 22.8. The summed E-state index contributed by atoms with van der Waals surface area (Å²) in [7, 11) is 0. The van der Waals surface area contributed by atoms with Crippen molar-refractivity contribution < 1.29 is 0 Å². The van der Waals surface area contributed by atoms with Crippen molar-refractivity contribution in [2.75, 3.05) is 0 Å². The van der Waals surface area contributed by atoms with Crippen molar-refractivity contribution in [3.05, 3.63) is 164 Å². The van der Waals surface area contributed by atoms with E-state index in [1.165, 1.54) is 73.8 Å². The Morgan fingerprint density at radius 1 is 0.304 bits per heavy atom. The molecule has 2 unspecified atom stereocenters. The summed E-state index contributed by atoms with van der Waals surface area (Å²) in [5, 5.41) is 1.55. The minimum absolute atomic E-state index is 0.489. The van der Waals surface area contributed by atoms with Gasteiger partial charge in [-0.05, 0) is 82.6 Å². The lowest BCUT2D eigenvalue weighted by Crippen LogP contribution is -2.29. The molecule has 1 aliphatic rings. The Morgan fingerprint density at radius 3 is 0.913 bits per heavy atom. The average Bonchev–Trinajstić information content (AvgIpc) is 3.31. The second kappa shape index (κ2) is 15.3. The number of thioether (sulfide) groups is 3. The van der Waals surface area contributed by atoms with Crippen LogP contribution in [0.1, 0.15) is 25.7 Å². The lowest BCUT2D eigenvalue weighted by Gasteiger charge is -2.31. The van der Waals surface area contributed by atoms with Crippen LogP contribution in [0.15, 0.2) is 178 Å². The zero-order chi connectivity index (χ0) is 31.0. The minimum atomic E-state index is 0.489. The SMILES string of the molecule is c1ccc(-c2ccc(SC3CCCCC(Sc4ccc(-c5ccccc5)cc4)C3Sc3ccc(-c4ccccc4)cc3)cc2)cc1. The molecule has 2 atom stereocenters. The van der Waals surface area contributed by atoms with Gasteiger partial charge in [-0.15, -0.1) is 35.3 Å². The van der Waals surface area contributed by atoms with Crippen LogP contribution in [-0.4, -0.2) is 15.7 Å². The van der Waals surface area contributed by atoms with E-state index in [4.69, 9.17) is 0 Å². The van der Waals surface area contributed by atoms with Crippen LogP contribution in [0.4, 0.5) is 0 Å². The van der Waals surface area contributed by atoms with E-state index >= 15 is 0 Å². The quantitative estimate of drug-likeness (QED) is 0.143. The molecule has 46 heavy (non-hydrogen) atoms. The van der Waals surface area contributed by atoms with E-state index in [-0.39, 0.29) is 0 Å². The third-order valence-electron chi connectivity index (χ3n) is 8.69. The topological polar surface area (TPSA) is 0 Å². The van der Waals surface area contributed by atoms with E-state index < -0.39 is 0 Å². The van der Waals surface area contributed by atoms with Crippen molar-refractivity contribution in [3.63, 3.8) is 0 Å². The van der Waals surface area contributed by atoms with E-state index in [1.807, 2.05) is 0 Å². The van der Waals surface area contributed by atoms with Crippen LogP contribution in [0.2, 0.25) is 0 Å². The fraction of sp³-hybridized carbons (Fsp3) is 0.163. The van der Waals surface area contributed by atoms with Gasteiger partial charge in [0.05, 0.1) is 0 Å². The molecule has 6 aromatic rings. The van der Waals surface area contributed by atoms with Crippen molar-refractivity contribution >= 4 is 35.3 Å². The lowest BCUT2D eigenvalue weighted by atomic mass is 10.1. The summed E-state index contributed by atoms with van der Waals surface area (Å²) >= 11 is 6.27. The zero-order valence-corrected chi connectivity index (χ0v) is 28.3. The summed E-state index contributed by atoms with van der Waals surface area (Å²) in [4.78, 5) is 4.10. The Kier molecular flexibility index (Phi) is 10.3. The summed E-state index contributed by atoms with van der Waals surface area (Å²) in [6.45, 7) is 0. The van der Waals surface area contributed by atoms with Crippen LogP contribution in [0.25, 0.3) is 33.4 Å². The van der Waals surface area contributed by atoms with Gasteiger partial charge in [-0.3, -0.25) is 0 Å². The number of rotatable bonds is 9. The van der Waals surface area contributed by atoms with E-state index in [1.54, 1.807) is 0 Å². The van der Waals surface area contributed by atoms with Gasteiger partial charge in [-0.2, -0.15) is 0 Å². The molecule has 0 N–H and O–H groups in total. The highest BCUT2D eigenvalue weighted by Gasteiger charge is 2.34. The first kappa shape index (κ1) is 31.0. The maximum atomic E-state index is 2.34. The van der Waals surface area contributed by atoms with Crippen LogP contribution in [0.3, 0.4) is 0 Å². The van der Waals surface area contributed by atoms with E-state index in [2.05, 4.69) is 199 Å². The maximum absolute atomic E-state index is 2.34. The fourth-order valence-electron chi connectivity index (χ4n) is 6.24. The Balaban J connectivity index is 1.14. The van der Waals surface area contributed by atoms with Crippen LogP contribution in [0, 0.1) is 0 Å². The molecular weight excluding hydrogens is 613 g/mol. The van der Waals surface area contributed by atoms with E-state index in [0.29, 0.717) is 15.7 Å². The zero-order valence-electron chi connectivity index (χ0n) is 25.9. The molecule has 7 rings (SSSR count). The summed E-state index contributed by atoms with van der Waals surface area (Å²) in [6, 6.07) is 59.9. The lowest BCUT2D eigenvalue weighted by molar-refractivity contribution is 0.709. The highest BCUT2D eigenvalue weighted by Crippen LogP contribution is 2.47. The third-order valence-corrected chi connectivity index (χ3v) is 13.3. The smallest absolute Gasteiger partial charge is 0.0339 e. The Bertz CT molecular complexity index is 1690. The number of benzene rings is 6. The summed E-state index contributed by atoms with van der Waals surface area (Å²) in [6.07, 6.45) is 5.06. The summed E-state index contributed by atoms with van der Waals surface area (Å²) in [5.41, 5.74) is 7.66. The predicted octanol–water partition coefficient (Wildman–Crippen LogP) is 13.0. The van der Waals surface area contributed by atoms with Gasteiger partial charge in [0.15, 0.2) is 0 Å². The molecule has 1 saturated carbocycles. The van der Waals surface area contributed by atoms with Gasteiger partial charge in [-0.25, -0.2) is 0 Å². The first-order valence-corrected chi connectivity index (χ1v) is 18.9. The second-order valence-corrected chi connectivity index (χ2v) is 15.7. The minimum Gasteiger partial charge on any atom is -0.122 e. The van der Waals surface area contributed by atoms with E-state index in [9.17, 15) is 0 Å². The van der Waals surface area contributed by atoms with Crippen LogP contribution in [0.5, 0.6) is 0 Å².